The van der Waals surface area contributed by atoms with Crippen LogP contribution in [-0.2, 0) is 0 Å². The lowest BCUT2D eigenvalue weighted by atomic mass is 10.2. The average molecular weight is 216 g/mol. The molecule has 3 heteroatoms. The molecule has 3 rings (SSSR count). The van der Waals surface area contributed by atoms with Gasteiger partial charge in [-0.05, 0) is 25.0 Å². The Hall–Kier alpha value is -1.35. The Kier molecular flexibility index (Phi) is 2.18. The molecule has 1 heterocycles. The molecule has 76 valence electrons. The summed E-state index contributed by atoms with van der Waals surface area (Å²) in [7, 11) is 0. The first-order chi connectivity index (χ1) is 7.42. The summed E-state index contributed by atoms with van der Waals surface area (Å²) < 4.78 is 1.26. The van der Waals surface area contributed by atoms with Crippen molar-refractivity contribution in [3.8, 4) is 0 Å². The predicted octanol–water partition coefficient (Wildman–Crippen LogP) is 3.43. The third-order valence-electron chi connectivity index (χ3n) is 2.63. The van der Waals surface area contributed by atoms with E-state index < -0.39 is 0 Å². The lowest BCUT2D eigenvalue weighted by Gasteiger charge is -2.09. The number of aromatic nitrogens is 1. The van der Waals surface area contributed by atoms with E-state index in [1.54, 1.807) is 11.3 Å². The monoisotopic (exact) mass is 216 g/mol. The second-order valence-corrected chi connectivity index (χ2v) is 4.80. The molecule has 15 heavy (non-hydrogen) atoms. The second-order valence-electron chi connectivity index (χ2n) is 3.77. The van der Waals surface area contributed by atoms with Crippen LogP contribution in [-0.4, -0.2) is 11.0 Å². The minimum absolute atomic E-state index is 0.547. The predicted molar refractivity (Wildman–Crippen MR) is 65.4 cm³/mol. The van der Waals surface area contributed by atoms with E-state index in [0.717, 1.165) is 23.5 Å². The summed E-state index contributed by atoms with van der Waals surface area (Å²) in [6.45, 7) is 0. The largest absolute Gasteiger partial charge is 0.358 e. The van der Waals surface area contributed by atoms with Gasteiger partial charge in [0.05, 0.1) is 10.2 Å². The first kappa shape index (κ1) is 8.92. The van der Waals surface area contributed by atoms with E-state index in [0.29, 0.717) is 6.04 Å². The van der Waals surface area contributed by atoms with Crippen molar-refractivity contribution in [2.24, 2.45) is 0 Å². The summed E-state index contributed by atoms with van der Waals surface area (Å²) in [6, 6.07) is 8.81. The van der Waals surface area contributed by atoms with Crippen molar-refractivity contribution >= 4 is 26.7 Å². The van der Waals surface area contributed by atoms with Gasteiger partial charge in [-0.1, -0.05) is 35.6 Å². The molecule has 0 saturated carbocycles. The number of nitrogens with one attached hydrogen (secondary N) is 1. The number of benzene rings is 1. The van der Waals surface area contributed by atoms with Crippen molar-refractivity contribution in [1.82, 2.24) is 4.98 Å². The van der Waals surface area contributed by atoms with Crippen molar-refractivity contribution in [2.45, 2.75) is 18.9 Å². The Morgan fingerprint density at radius 1 is 1.20 bits per heavy atom. The average Bonchev–Trinajstić information content (AvgIpc) is 2.86. The van der Waals surface area contributed by atoms with Gasteiger partial charge in [0, 0.05) is 6.04 Å². The van der Waals surface area contributed by atoms with Gasteiger partial charge in [-0.3, -0.25) is 0 Å². The van der Waals surface area contributed by atoms with Crippen molar-refractivity contribution in [3.05, 3.63) is 36.4 Å². The SMILES string of the molecule is C1=CCC(Nc2nc3ccccc3s2)C1. The zero-order chi connectivity index (χ0) is 10.1. The lowest BCUT2D eigenvalue weighted by Crippen LogP contribution is -2.14. The smallest absolute Gasteiger partial charge is 0.184 e. The van der Waals surface area contributed by atoms with Crippen LogP contribution in [0.15, 0.2) is 36.4 Å². The highest BCUT2D eigenvalue weighted by molar-refractivity contribution is 7.22. The van der Waals surface area contributed by atoms with E-state index in [4.69, 9.17) is 0 Å². The summed E-state index contributed by atoms with van der Waals surface area (Å²) in [5.41, 5.74) is 1.09. The molecule has 1 aliphatic rings. The maximum Gasteiger partial charge on any atom is 0.184 e. The zero-order valence-corrected chi connectivity index (χ0v) is 9.13. The molecule has 0 bridgehead atoms. The van der Waals surface area contributed by atoms with Crippen LogP contribution in [0.3, 0.4) is 0 Å². The van der Waals surface area contributed by atoms with Crippen molar-refractivity contribution in [3.63, 3.8) is 0 Å². The van der Waals surface area contributed by atoms with Gasteiger partial charge in [0.25, 0.3) is 0 Å². The van der Waals surface area contributed by atoms with Crippen molar-refractivity contribution in [2.75, 3.05) is 5.32 Å². The molecule has 0 spiro atoms. The van der Waals surface area contributed by atoms with Crippen LogP contribution in [0.1, 0.15) is 12.8 Å². The van der Waals surface area contributed by atoms with E-state index in [2.05, 4.69) is 40.7 Å². The molecular weight excluding hydrogens is 204 g/mol. The highest BCUT2D eigenvalue weighted by Gasteiger charge is 2.11. The van der Waals surface area contributed by atoms with Crippen LogP contribution in [0.4, 0.5) is 5.13 Å². The van der Waals surface area contributed by atoms with Crippen LogP contribution in [0, 0.1) is 0 Å². The Morgan fingerprint density at radius 2 is 2.00 bits per heavy atom. The van der Waals surface area contributed by atoms with E-state index in [9.17, 15) is 0 Å². The van der Waals surface area contributed by atoms with E-state index >= 15 is 0 Å². The number of nitrogens with zero attached hydrogens (tertiary/aromatic N) is 1. The van der Waals surface area contributed by atoms with Crippen LogP contribution in [0.2, 0.25) is 0 Å². The van der Waals surface area contributed by atoms with E-state index in [-0.39, 0.29) is 0 Å². The Labute approximate surface area is 92.7 Å². The second kappa shape index (κ2) is 3.66. The maximum absolute atomic E-state index is 4.56. The van der Waals surface area contributed by atoms with Crippen LogP contribution in [0.25, 0.3) is 10.2 Å². The fraction of sp³-hybridized carbons (Fsp3) is 0.250. The van der Waals surface area contributed by atoms with Crippen LogP contribution < -0.4 is 5.32 Å². The van der Waals surface area contributed by atoms with Gasteiger partial charge in [-0.15, -0.1) is 0 Å². The highest BCUT2D eigenvalue weighted by Crippen LogP contribution is 2.27. The standard InChI is InChI=1S/C12H12N2S/c1-2-6-9(5-1)13-12-14-10-7-3-4-8-11(10)15-12/h1-4,7-9H,5-6H2,(H,13,14). The number of anilines is 1. The topological polar surface area (TPSA) is 24.9 Å². The molecular formula is C12H12N2S. The third kappa shape index (κ3) is 1.75. The molecule has 0 amide bonds. The number of fused-ring (bicyclic) bond motifs is 1. The first-order valence-corrected chi connectivity index (χ1v) is 6.00. The minimum atomic E-state index is 0.547. The van der Waals surface area contributed by atoms with Crippen molar-refractivity contribution in [1.29, 1.82) is 0 Å². The highest BCUT2D eigenvalue weighted by atomic mass is 32.1. The molecule has 1 aromatic carbocycles. The number of rotatable bonds is 2. The zero-order valence-electron chi connectivity index (χ0n) is 8.31. The summed E-state index contributed by atoms with van der Waals surface area (Å²) in [5, 5.41) is 4.52. The van der Waals surface area contributed by atoms with Crippen LogP contribution in [0.5, 0.6) is 0 Å². The van der Waals surface area contributed by atoms with Crippen molar-refractivity contribution < 1.29 is 0 Å². The number of hydrogen-bond acceptors (Lipinski definition) is 3. The molecule has 0 saturated heterocycles. The van der Waals surface area contributed by atoms with Gasteiger partial charge in [0.2, 0.25) is 0 Å². The van der Waals surface area contributed by atoms with Gasteiger partial charge >= 0.3 is 0 Å². The Bertz CT molecular complexity index is 460. The molecule has 0 unspecified atom stereocenters. The normalized spacial score (nSPS) is 16.3. The quantitative estimate of drug-likeness (QED) is 0.778. The molecule has 0 radical (unpaired) electrons. The molecule has 0 atom stereocenters. The fourth-order valence-corrected chi connectivity index (χ4v) is 2.79. The number of hydrogen-bond donors (Lipinski definition) is 1. The molecule has 1 aliphatic carbocycles. The van der Waals surface area contributed by atoms with Gasteiger partial charge in [-0.2, -0.15) is 0 Å². The van der Waals surface area contributed by atoms with E-state index in [1.807, 2.05) is 6.07 Å². The number of thiazole rings is 1. The van der Waals surface area contributed by atoms with Gasteiger partial charge in [0.15, 0.2) is 5.13 Å². The maximum atomic E-state index is 4.56. The molecule has 1 aromatic heterocycles. The summed E-state index contributed by atoms with van der Waals surface area (Å²) in [6.07, 6.45) is 6.70. The Balaban J connectivity index is 1.85. The van der Waals surface area contributed by atoms with E-state index in [1.165, 1.54) is 4.70 Å². The molecule has 2 aromatic rings. The van der Waals surface area contributed by atoms with Crippen LogP contribution >= 0.6 is 11.3 Å². The fourth-order valence-electron chi connectivity index (χ4n) is 1.84. The third-order valence-corrected chi connectivity index (χ3v) is 3.60. The molecule has 1 N–H and O–H groups in total. The van der Waals surface area contributed by atoms with Gasteiger partial charge < -0.3 is 5.32 Å². The minimum Gasteiger partial charge on any atom is -0.358 e. The lowest BCUT2D eigenvalue weighted by molar-refractivity contribution is 0.786. The Morgan fingerprint density at radius 3 is 2.80 bits per heavy atom. The first-order valence-electron chi connectivity index (χ1n) is 5.19. The van der Waals surface area contributed by atoms with Gasteiger partial charge in [-0.25, -0.2) is 4.98 Å². The summed E-state index contributed by atoms with van der Waals surface area (Å²) in [4.78, 5) is 4.56. The molecule has 2 nitrogen and oxygen atoms in total. The summed E-state index contributed by atoms with van der Waals surface area (Å²) in [5.74, 6) is 0. The molecule has 0 fully saturated rings. The number of para-hydroxylation sites is 1. The molecule has 0 aliphatic heterocycles. The summed E-state index contributed by atoms with van der Waals surface area (Å²) >= 11 is 1.73. The van der Waals surface area contributed by atoms with Gasteiger partial charge in [0.1, 0.15) is 0 Å².